The van der Waals surface area contributed by atoms with E-state index in [0.717, 1.165) is 13.0 Å². The Bertz CT molecular complexity index is 545. The van der Waals surface area contributed by atoms with Crippen molar-refractivity contribution in [3.05, 3.63) is 28.2 Å². The van der Waals surface area contributed by atoms with Crippen LogP contribution in [-0.4, -0.2) is 27.5 Å². The highest BCUT2D eigenvalue weighted by Crippen LogP contribution is 2.24. The van der Waals surface area contributed by atoms with Gasteiger partial charge in [-0.15, -0.1) is 0 Å². The molecule has 1 aliphatic carbocycles. The molecule has 0 heterocycles. The van der Waals surface area contributed by atoms with Crippen molar-refractivity contribution in [1.29, 1.82) is 0 Å². The van der Waals surface area contributed by atoms with Gasteiger partial charge >= 0.3 is 0 Å². The molecule has 1 aliphatic rings. The van der Waals surface area contributed by atoms with Crippen LogP contribution in [0.3, 0.4) is 0 Å². The van der Waals surface area contributed by atoms with Gasteiger partial charge in [0.15, 0.2) is 0 Å². The predicted octanol–water partition coefficient (Wildman–Crippen LogP) is 2.41. The third kappa shape index (κ3) is 4.61. The predicted molar refractivity (Wildman–Crippen MR) is 77.3 cm³/mol. The highest BCUT2D eigenvalue weighted by molar-refractivity contribution is 7.89. The highest BCUT2D eigenvalue weighted by atomic mass is 35.5. The molecule has 0 atom stereocenters. The number of rotatable bonds is 7. The summed E-state index contributed by atoms with van der Waals surface area (Å²) in [6, 6.07) is 4.92. The normalized spacial score (nSPS) is 15.7. The minimum absolute atomic E-state index is 0.136. The molecular weight excluding hydrogens is 307 g/mol. The fourth-order valence-electron chi connectivity index (χ4n) is 1.62. The van der Waals surface area contributed by atoms with Crippen molar-refractivity contribution in [3.8, 4) is 0 Å². The zero-order valence-electron chi connectivity index (χ0n) is 10.3. The summed E-state index contributed by atoms with van der Waals surface area (Å²) in [6.45, 7) is 1.23. The summed E-state index contributed by atoms with van der Waals surface area (Å²) >= 11 is 11.6. The lowest BCUT2D eigenvalue weighted by atomic mass is 10.4. The first-order valence-corrected chi connectivity index (χ1v) is 8.41. The van der Waals surface area contributed by atoms with Crippen molar-refractivity contribution < 1.29 is 8.42 Å². The van der Waals surface area contributed by atoms with Crippen LogP contribution in [-0.2, 0) is 10.0 Å². The summed E-state index contributed by atoms with van der Waals surface area (Å²) in [5.74, 6) is 0. The average Bonchev–Trinajstić information content (AvgIpc) is 3.16. The maximum atomic E-state index is 12.0. The van der Waals surface area contributed by atoms with Crippen LogP contribution >= 0.6 is 23.2 Å². The molecule has 2 N–H and O–H groups in total. The van der Waals surface area contributed by atoms with Crippen LogP contribution in [0.4, 0.5) is 0 Å². The quantitative estimate of drug-likeness (QED) is 0.758. The first-order chi connectivity index (χ1) is 8.99. The van der Waals surface area contributed by atoms with Crippen LogP contribution in [0.2, 0.25) is 10.0 Å². The largest absolute Gasteiger partial charge is 0.314 e. The van der Waals surface area contributed by atoms with Gasteiger partial charge < -0.3 is 5.32 Å². The number of halogens is 2. The molecule has 0 aliphatic heterocycles. The van der Waals surface area contributed by atoms with Gasteiger partial charge in [0.05, 0.1) is 14.9 Å². The van der Waals surface area contributed by atoms with Crippen molar-refractivity contribution in [2.75, 3.05) is 13.1 Å². The molecule has 7 heteroatoms. The number of sulfonamides is 1. The van der Waals surface area contributed by atoms with E-state index >= 15 is 0 Å². The van der Waals surface area contributed by atoms with E-state index in [2.05, 4.69) is 10.0 Å². The van der Waals surface area contributed by atoms with Gasteiger partial charge in [-0.25, -0.2) is 13.1 Å². The van der Waals surface area contributed by atoms with Crippen molar-refractivity contribution >= 4 is 33.2 Å². The summed E-state index contributed by atoms with van der Waals surface area (Å²) in [6.07, 6.45) is 3.22. The molecule has 0 saturated heterocycles. The van der Waals surface area contributed by atoms with Gasteiger partial charge in [-0.05, 0) is 44.0 Å². The van der Waals surface area contributed by atoms with Crippen molar-refractivity contribution in [1.82, 2.24) is 10.0 Å². The fraction of sp³-hybridized carbons (Fsp3) is 0.500. The maximum Gasteiger partial charge on any atom is 0.240 e. The SMILES string of the molecule is O=S(=O)(NCCCNC1CC1)c1ccc(Cl)c(Cl)c1. The molecule has 0 aromatic heterocycles. The van der Waals surface area contributed by atoms with Crippen LogP contribution in [0.25, 0.3) is 0 Å². The standard InChI is InChI=1S/C12H16Cl2N2O2S/c13-11-5-4-10(8-12(11)14)19(17,18)16-7-1-6-15-9-2-3-9/h4-5,8-9,15-16H,1-3,6-7H2. The lowest BCUT2D eigenvalue weighted by molar-refractivity contribution is 0.573. The Hall–Kier alpha value is -0.330. The maximum absolute atomic E-state index is 12.0. The smallest absolute Gasteiger partial charge is 0.240 e. The monoisotopic (exact) mass is 322 g/mol. The molecule has 106 valence electrons. The molecular formula is C12H16Cl2N2O2S. The third-order valence-corrected chi connectivity index (χ3v) is 5.06. The Kier molecular flexibility index (Phi) is 5.09. The van der Waals surface area contributed by atoms with Crippen LogP contribution < -0.4 is 10.0 Å². The first kappa shape index (κ1) is 15.1. The van der Waals surface area contributed by atoms with E-state index in [1.54, 1.807) is 0 Å². The van der Waals surface area contributed by atoms with Crippen LogP contribution in [0.5, 0.6) is 0 Å². The minimum Gasteiger partial charge on any atom is -0.314 e. The number of nitrogens with one attached hydrogen (secondary N) is 2. The van der Waals surface area contributed by atoms with Crippen LogP contribution in [0.15, 0.2) is 23.1 Å². The van der Waals surface area contributed by atoms with E-state index in [9.17, 15) is 8.42 Å². The van der Waals surface area contributed by atoms with Gasteiger partial charge in [0.2, 0.25) is 10.0 Å². The minimum atomic E-state index is -3.51. The third-order valence-electron chi connectivity index (χ3n) is 2.86. The molecule has 1 aromatic carbocycles. The zero-order chi connectivity index (χ0) is 13.9. The van der Waals surface area contributed by atoms with Gasteiger partial charge in [0.25, 0.3) is 0 Å². The lowest BCUT2D eigenvalue weighted by Crippen LogP contribution is -2.28. The van der Waals surface area contributed by atoms with Crippen molar-refractivity contribution in [2.24, 2.45) is 0 Å². The topological polar surface area (TPSA) is 58.2 Å². The van der Waals surface area contributed by atoms with Gasteiger partial charge in [-0.1, -0.05) is 23.2 Å². The van der Waals surface area contributed by atoms with Crippen molar-refractivity contribution in [3.63, 3.8) is 0 Å². The molecule has 0 spiro atoms. The molecule has 19 heavy (non-hydrogen) atoms. The second kappa shape index (κ2) is 6.41. The summed E-state index contributed by atoms with van der Waals surface area (Å²) in [4.78, 5) is 0.136. The summed E-state index contributed by atoms with van der Waals surface area (Å²) in [7, 11) is -3.51. The Morgan fingerprint density at radius 2 is 1.89 bits per heavy atom. The molecule has 0 unspecified atom stereocenters. The summed E-state index contributed by atoms with van der Waals surface area (Å²) in [5, 5.41) is 3.90. The fourth-order valence-corrected chi connectivity index (χ4v) is 3.08. The van der Waals surface area contributed by atoms with E-state index in [1.165, 1.54) is 31.0 Å². The molecule has 1 saturated carbocycles. The molecule has 0 radical (unpaired) electrons. The van der Waals surface area contributed by atoms with Gasteiger partial charge in [-0.3, -0.25) is 0 Å². The van der Waals surface area contributed by atoms with E-state index in [-0.39, 0.29) is 9.92 Å². The van der Waals surface area contributed by atoms with E-state index < -0.39 is 10.0 Å². The molecule has 4 nitrogen and oxygen atoms in total. The Balaban J connectivity index is 1.84. The summed E-state index contributed by atoms with van der Waals surface area (Å²) in [5.41, 5.74) is 0. The Labute approximate surface area is 123 Å². The molecule has 0 bridgehead atoms. The van der Waals surface area contributed by atoms with Crippen LogP contribution in [0, 0.1) is 0 Å². The van der Waals surface area contributed by atoms with E-state index in [1.807, 2.05) is 0 Å². The molecule has 1 fully saturated rings. The van der Waals surface area contributed by atoms with Gasteiger partial charge in [-0.2, -0.15) is 0 Å². The van der Waals surface area contributed by atoms with Crippen molar-refractivity contribution in [2.45, 2.75) is 30.2 Å². The van der Waals surface area contributed by atoms with E-state index in [4.69, 9.17) is 23.2 Å². The molecule has 0 amide bonds. The highest BCUT2D eigenvalue weighted by Gasteiger charge is 2.19. The van der Waals surface area contributed by atoms with Gasteiger partial charge in [0, 0.05) is 12.6 Å². The zero-order valence-corrected chi connectivity index (χ0v) is 12.7. The summed E-state index contributed by atoms with van der Waals surface area (Å²) < 4.78 is 26.5. The molecule has 2 rings (SSSR count). The Morgan fingerprint density at radius 1 is 1.16 bits per heavy atom. The lowest BCUT2D eigenvalue weighted by Gasteiger charge is -2.08. The number of hydrogen-bond acceptors (Lipinski definition) is 3. The Morgan fingerprint density at radius 3 is 2.53 bits per heavy atom. The second-order valence-electron chi connectivity index (χ2n) is 4.56. The number of benzene rings is 1. The molecule has 1 aromatic rings. The van der Waals surface area contributed by atoms with Gasteiger partial charge in [0.1, 0.15) is 0 Å². The van der Waals surface area contributed by atoms with Crippen LogP contribution in [0.1, 0.15) is 19.3 Å². The average molecular weight is 323 g/mol. The second-order valence-corrected chi connectivity index (χ2v) is 7.14. The number of hydrogen-bond donors (Lipinski definition) is 2. The first-order valence-electron chi connectivity index (χ1n) is 6.17. The van der Waals surface area contributed by atoms with E-state index in [0.29, 0.717) is 17.6 Å².